The van der Waals surface area contributed by atoms with Crippen LogP contribution in [0.4, 0.5) is 5.82 Å². The van der Waals surface area contributed by atoms with E-state index in [4.69, 9.17) is 4.74 Å². The van der Waals surface area contributed by atoms with Gasteiger partial charge in [0.2, 0.25) is 17.7 Å². The molecular formula is C29H27N5O6. The van der Waals surface area contributed by atoms with E-state index < -0.39 is 29.7 Å². The molecular weight excluding hydrogens is 514 g/mol. The minimum atomic E-state index is -1.01. The average Bonchev–Trinajstić information content (AvgIpc) is 3.44. The molecule has 0 radical (unpaired) electrons. The van der Waals surface area contributed by atoms with Gasteiger partial charge in [-0.15, -0.1) is 0 Å². The van der Waals surface area contributed by atoms with Crippen LogP contribution in [-0.2, 0) is 27.4 Å². The van der Waals surface area contributed by atoms with Gasteiger partial charge in [0.15, 0.2) is 5.82 Å². The number of benzene rings is 2. The Balaban J connectivity index is 1.03. The highest BCUT2D eigenvalue weighted by Gasteiger charge is 2.44. The van der Waals surface area contributed by atoms with Crippen molar-refractivity contribution >= 4 is 35.4 Å². The Morgan fingerprint density at radius 2 is 1.70 bits per heavy atom. The highest BCUT2D eigenvalue weighted by Crippen LogP contribution is 2.36. The van der Waals surface area contributed by atoms with E-state index >= 15 is 0 Å². The zero-order valence-corrected chi connectivity index (χ0v) is 21.6. The summed E-state index contributed by atoms with van der Waals surface area (Å²) < 4.78 is 5.86. The molecule has 3 heterocycles. The predicted molar refractivity (Wildman–Crippen MR) is 141 cm³/mol. The van der Waals surface area contributed by atoms with Crippen LogP contribution in [0.25, 0.3) is 0 Å². The van der Waals surface area contributed by atoms with Gasteiger partial charge in [0.05, 0.1) is 17.5 Å². The molecule has 2 aromatic carbocycles. The normalized spacial score (nSPS) is 18.8. The number of hydrogen-bond donors (Lipinski definition) is 3. The van der Waals surface area contributed by atoms with Crippen molar-refractivity contribution < 1.29 is 28.7 Å². The number of imide groups is 2. The molecule has 1 saturated heterocycles. The van der Waals surface area contributed by atoms with Gasteiger partial charge in [0, 0.05) is 24.1 Å². The minimum Gasteiger partial charge on any atom is -0.489 e. The van der Waals surface area contributed by atoms with Crippen LogP contribution < -0.4 is 15.4 Å². The van der Waals surface area contributed by atoms with Gasteiger partial charge in [-0.3, -0.25) is 39.3 Å². The number of nitrogens with one attached hydrogen (secondary N) is 3. The first kappa shape index (κ1) is 25.5. The van der Waals surface area contributed by atoms with Crippen molar-refractivity contribution in [2.75, 3.05) is 5.32 Å². The number of fused-ring (bicyclic) bond motifs is 1. The maximum absolute atomic E-state index is 13.0. The smallest absolute Gasteiger partial charge is 0.262 e. The lowest BCUT2D eigenvalue weighted by molar-refractivity contribution is -0.136. The summed E-state index contributed by atoms with van der Waals surface area (Å²) in [4.78, 5) is 62.9. The van der Waals surface area contributed by atoms with Crippen molar-refractivity contribution in [3.63, 3.8) is 0 Å². The second-order valence-electron chi connectivity index (χ2n) is 10.3. The molecule has 2 aliphatic heterocycles. The molecule has 0 bridgehead atoms. The summed E-state index contributed by atoms with van der Waals surface area (Å²) in [6.45, 7) is 0.148. The van der Waals surface area contributed by atoms with Crippen molar-refractivity contribution in [2.24, 2.45) is 0 Å². The number of anilines is 1. The van der Waals surface area contributed by atoms with Crippen molar-refractivity contribution in [1.29, 1.82) is 0 Å². The summed E-state index contributed by atoms with van der Waals surface area (Å²) in [5, 5.41) is 12.2. The van der Waals surface area contributed by atoms with Gasteiger partial charge in [0.25, 0.3) is 11.8 Å². The molecule has 11 heteroatoms. The summed E-state index contributed by atoms with van der Waals surface area (Å²) >= 11 is 0. The van der Waals surface area contributed by atoms with Crippen molar-refractivity contribution in [3.05, 3.63) is 76.5 Å². The SMILES string of the molecule is O=C1CCC(N2C(=O)c3ccc(COc4ccc(CC(=O)Nc5cc(C6CCC6)[nH]n5)cc4)cc3C2=O)C(=O)N1. The number of amides is 5. The van der Waals surface area contributed by atoms with Crippen LogP contribution >= 0.6 is 0 Å². The van der Waals surface area contributed by atoms with Gasteiger partial charge in [-0.1, -0.05) is 24.6 Å². The predicted octanol–water partition coefficient (Wildman–Crippen LogP) is 2.84. The van der Waals surface area contributed by atoms with Gasteiger partial charge in [-0.05, 0) is 54.7 Å². The molecule has 1 atom stereocenters. The van der Waals surface area contributed by atoms with E-state index in [1.54, 1.807) is 30.3 Å². The van der Waals surface area contributed by atoms with Gasteiger partial charge in [-0.25, -0.2) is 0 Å². The van der Waals surface area contributed by atoms with Crippen LogP contribution in [0.1, 0.15) is 75.6 Å². The molecule has 3 aromatic rings. The van der Waals surface area contributed by atoms with Gasteiger partial charge < -0.3 is 10.1 Å². The molecule has 3 N–H and O–H groups in total. The lowest BCUT2D eigenvalue weighted by Gasteiger charge is -2.27. The third-order valence-electron chi connectivity index (χ3n) is 7.61. The van der Waals surface area contributed by atoms with E-state index in [0.717, 1.165) is 29.0 Å². The van der Waals surface area contributed by atoms with Gasteiger partial charge >= 0.3 is 0 Å². The standard InChI is InChI=1S/C29H27N5O6/c35-25-11-10-23(27(37)31-25)34-28(38)20-9-6-17(12-21(20)29(34)39)15-40-19-7-4-16(5-8-19)13-26(36)30-24-14-22(32-33-24)18-2-1-3-18/h4-9,12,14,18,23H,1-3,10-11,13,15H2,(H,31,35,37)(H2,30,32,33,36). The van der Waals surface area contributed by atoms with E-state index in [-0.39, 0.29) is 42.9 Å². The molecule has 1 aliphatic carbocycles. The Kier molecular flexibility index (Phi) is 6.63. The average molecular weight is 542 g/mol. The summed E-state index contributed by atoms with van der Waals surface area (Å²) in [6.07, 6.45) is 3.89. The summed E-state index contributed by atoms with van der Waals surface area (Å²) in [5.74, 6) is -0.714. The number of piperidine rings is 1. The van der Waals surface area contributed by atoms with Crippen LogP contribution in [0.5, 0.6) is 5.75 Å². The second kappa shape index (κ2) is 10.4. The van der Waals surface area contributed by atoms with Gasteiger partial charge in [-0.2, -0.15) is 5.10 Å². The third kappa shape index (κ3) is 4.97. The molecule has 2 fully saturated rings. The molecule has 204 valence electrons. The molecule has 0 spiro atoms. The highest BCUT2D eigenvalue weighted by molar-refractivity contribution is 6.23. The maximum atomic E-state index is 13.0. The number of nitrogens with zero attached hydrogens (tertiary/aromatic N) is 2. The van der Waals surface area contributed by atoms with Crippen LogP contribution in [0, 0.1) is 0 Å². The molecule has 1 aromatic heterocycles. The van der Waals surface area contributed by atoms with Crippen molar-refractivity contribution in [2.45, 2.75) is 57.1 Å². The van der Waals surface area contributed by atoms with Crippen LogP contribution in [0.2, 0.25) is 0 Å². The zero-order valence-electron chi connectivity index (χ0n) is 21.6. The molecule has 1 saturated carbocycles. The quantitative estimate of drug-likeness (QED) is 0.371. The van der Waals surface area contributed by atoms with Crippen LogP contribution in [0.15, 0.2) is 48.5 Å². The van der Waals surface area contributed by atoms with Gasteiger partial charge in [0.1, 0.15) is 18.4 Å². The van der Waals surface area contributed by atoms with E-state index in [1.807, 2.05) is 18.2 Å². The number of rotatable bonds is 8. The fourth-order valence-electron chi connectivity index (χ4n) is 5.18. The fourth-order valence-corrected chi connectivity index (χ4v) is 5.18. The van der Waals surface area contributed by atoms with Crippen molar-refractivity contribution in [1.82, 2.24) is 20.4 Å². The number of carbonyl (C=O) groups excluding carboxylic acids is 5. The second-order valence-corrected chi connectivity index (χ2v) is 10.3. The van der Waals surface area contributed by atoms with E-state index in [1.165, 1.54) is 6.42 Å². The minimum absolute atomic E-state index is 0.0672. The zero-order chi connectivity index (χ0) is 27.8. The molecule has 1 unspecified atom stereocenters. The van der Waals surface area contributed by atoms with Crippen LogP contribution in [-0.4, -0.2) is 50.7 Å². The first-order valence-electron chi connectivity index (χ1n) is 13.3. The number of aromatic amines is 1. The maximum Gasteiger partial charge on any atom is 0.262 e. The highest BCUT2D eigenvalue weighted by atomic mass is 16.5. The number of aromatic nitrogens is 2. The summed E-state index contributed by atoms with van der Waals surface area (Å²) in [5.41, 5.74) is 2.97. The van der Waals surface area contributed by atoms with Crippen molar-refractivity contribution in [3.8, 4) is 5.75 Å². The van der Waals surface area contributed by atoms with E-state index in [0.29, 0.717) is 23.0 Å². The molecule has 3 aliphatic rings. The molecule has 5 amide bonds. The number of hydrogen-bond acceptors (Lipinski definition) is 7. The monoisotopic (exact) mass is 541 g/mol. The summed E-state index contributed by atoms with van der Waals surface area (Å²) in [7, 11) is 0. The first-order valence-corrected chi connectivity index (χ1v) is 13.3. The first-order chi connectivity index (χ1) is 19.4. The molecule has 11 nitrogen and oxygen atoms in total. The third-order valence-corrected chi connectivity index (χ3v) is 7.61. The number of ether oxygens (including phenoxy) is 1. The summed E-state index contributed by atoms with van der Waals surface area (Å²) in [6, 6.07) is 12.9. The number of H-pyrrole nitrogens is 1. The largest absolute Gasteiger partial charge is 0.489 e. The Labute approximate surface area is 229 Å². The van der Waals surface area contributed by atoms with Crippen LogP contribution in [0.3, 0.4) is 0 Å². The fraction of sp³-hybridized carbons (Fsp3) is 0.310. The number of carbonyl (C=O) groups is 5. The lowest BCUT2D eigenvalue weighted by Crippen LogP contribution is -2.54. The molecule has 40 heavy (non-hydrogen) atoms. The Morgan fingerprint density at radius 3 is 2.42 bits per heavy atom. The Bertz CT molecular complexity index is 1520. The molecule has 6 rings (SSSR count). The Hall–Kier alpha value is -4.80. The van der Waals surface area contributed by atoms with E-state index in [9.17, 15) is 24.0 Å². The topological polar surface area (TPSA) is 151 Å². The van der Waals surface area contributed by atoms with E-state index in [2.05, 4.69) is 20.8 Å². The lowest BCUT2D eigenvalue weighted by atomic mass is 9.83. The Morgan fingerprint density at radius 1 is 0.950 bits per heavy atom.